The molecule has 1 aromatic carbocycles. The standard InChI is InChI=1S/C16H25ClN2O/c1-12(2)19(16(20)13(3)6-5-9-18)11-14-7-4-8-15(17)10-14/h4,7-8,10,12-13H,5-6,9,11,18H2,1-3H3. The second-order valence-electron chi connectivity index (χ2n) is 5.52. The molecular formula is C16H25ClN2O. The van der Waals surface area contributed by atoms with Crippen LogP contribution in [0.5, 0.6) is 0 Å². The Bertz CT molecular complexity index is 434. The summed E-state index contributed by atoms with van der Waals surface area (Å²) in [5.74, 6) is 0.202. The van der Waals surface area contributed by atoms with Gasteiger partial charge in [-0.3, -0.25) is 4.79 Å². The minimum Gasteiger partial charge on any atom is -0.336 e. The van der Waals surface area contributed by atoms with Gasteiger partial charge in [0.15, 0.2) is 0 Å². The van der Waals surface area contributed by atoms with E-state index in [1.54, 1.807) is 0 Å². The smallest absolute Gasteiger partial charge is 0.225 e. The molecule has 112 valence electrons. The van der Waals surface area contributed by atoms with Gasteiger partial charge in [0.25, 0.3) is 0 Å². The molecule has 1 amide bonds. The molecule has 0 aromatic heterocycles. The van der Waals surface area contributed by atoms with Crippen molar-refractivity contribution in [2.45, 2.75) is 46.2 Å². The second-order valence-corrected chi connectivity index (χ2v) is 5.96. The number of carbonyl (C=O) groups is 1. The fourth-order valence-electron chi connectivity index (χ4n) is 2.18. The zero-order valence-electron chi connectivity index (χ0n) is 12.6. The monoisotopic (exact) mass is 296 g/mol. The summed E-state index contributed by atoms with van der Waals surface area (Å²) in [6.07, 6.45) is 1.73. The number of nitrogens with zero attached hydrogens (tertiary/aromatic N) is 1. The van der Waals surface area contributed by atoms with Gasteiger partial charge in [-0.25, -0.2) is 0 Å². The van der Waals surface area contributed by atoms with Crippen LogP contribution in [0.4, 0.5) is 0 Å². The lowest BCUT2D eigenvalue weighted by molar-refractivity contribution is -0.137. The first-order chi connectivity index (χ1) is 9.45. The molecule has 0 spiro atoms. The summed E-state index contributed by atoms with van der Waals surface area (Å²) in [5, 5.41) is 0.704. The minimum absolute atomic E-state index is 0.0140. The molecule has 0 bridgehead atoms. The normalized spacial score (nSPS) is 12.5. The highest BCUT2D eigenvalue weighted by atomic mass is 35.5. The lowest BCUT2D eigenvalue weighted by Crippen LogP contribution is -2.39. The Kier molecular flexibility index (Phi) is 7.03. The van der Waals surface area contributed by atoms with Gasteiger partial charge in [-0.2, -0.15) is 0 Å². The van der Waals surface area contributed by atoms with Crippen molar-refractivity contribution >= 4 is 17.5 Å². The first kappa shape index (κ1) is 17.0. The van der Waals surface area contributed by atoms with Crippen LogP contribution in [0.3, 0.4) is 0 Å². The van der Waals surface area contributed by atoms with Crippen LogP contribution >= 0.6 is 11.6 Å². The van der Waals surface area contributed by atoms with Crippen LogP contribution in [0.25, 0.3) is 0 Å². The molecular weight excluding hydrogens is 272 g/mol. The van der Waals surface area contributed by atoms with Gasteiger partial charge in [-0.15, -0.1) is 0 Å². The fraction of sp³-hybridized carbons (Fsp3) is 0.562. The van der Waals surface area contributed by atoms with E-state index >= 15 is 0 Å². The molecule has 0 saturated heterocycles. The lowest BCUT2D eigenvalue weighted by atomic mass is 10.0. The first-order valence-electron chi connectivity index (χ1n) is 7.20. The molecule has 0 aliphatic rings. The van der Waals surface area contributed by atoms with Crippen molar-refractivity contribution in [3.63, 3.8) is 0 Å². The zero-order chi connectivity index (χ0) is 15.1. The van der Waals surface area contributed by atoms with E-state index in [-0.39, 0.29) is 17.9 Å². The summed E-state index contributed by atoms with van der Waals surface area (Å²) in [6, 6.07) is 7.84. The summed E-state index contributed by atoms with van der Waals surface area (Å²) in [4.78, 5) is 14.4. The van der Waals surface area contributed by atoms with Gasteiger partial charge in [0, 0.05) is 23.5 Å². The Hall–Kier alpha value is -1.06. The Morgan fingerprint density at radius 2 is 2.05 bits per heavy atom. The van der Waals surface area contributed by atoms with Gasteiger partial charge in [-0.1, -0.05) is 30.7 Å². The van der Waals surface area contributed by atoms with Crippen LogP contribution in [0.15, 0.2) is 24.3 Å². The van der Waals surface area contributed by atoms with Crippen LogP contribution in [0, 0.1) is 5.92 Å². The van der Waals surface area contributed by atoms with Gasteiger partial charge in [0.2, 0.25) is 5.91 Å². The maximum atomic E-state index is 12.5. The molecule has 20 heavy (non-hydrogen) atoms. The predicted molar refractivity (Wildman–Crippen MR) is 84.6 cm³/mol. The molecule has 1 unspecified atom stereocenters. The Morgan fingerprint density at radius 3 is 2.60 bits per heavy atom. The van der Waals surface area contributed by atoms with Crippen LogP contribution in [0.1, 0.15) is 39.2 Å². The molecule has 2 N–H and O–H groups in total. The molecule has 0 radical (unpaired) electrons. The van der Waals surface area contributed by atoms with Gasteiger partial charge < -0.3 is 10.6 Å². The van der Waals surface area contributed by atoms with Gasteiger partial charge in [-0.05, 0) is 50.9 Å². The van der Waals surface area contributed by atoms with Crippen LogP contribution in [0.2, 0.25) is 5.02 Å². The predicted octanol–water partition coefficient (Wildman–Crippen LogP) is 3.45. The SMILES string of the molecule is CC(CCCN)C(=O)N(Cc1cccc(Cl)c1)C(C)C. The highest BCUT2D eigenvalue weighted by molar-refractivity contribution is 6.30. The van der Waals surface area contributed by atoms with Crippen molar-refractivity contribution in [2.24, 2.45) is 11.7 Å². The summed E-state index contributed by atoms with van der Waals surface area (Å²) >= 11 is 6.00. The highest BCUT2D eigenvalue weighted by Crippen LogP contribution is 2.17. The molecule has 0 fully saturated rings. The van der Waals surface area contributed by atoms with E-state index in [1.165, 1.54) is 0 Å². The van der Waals surface area contributed by atoms with Crippen LogP contribution in [-0.2, 0) is 11.3 Å². The highest BCUT2D eigenvalue weighted by Gasteiger charge is 2.22. The van der Waals surface area contributed by atoms with E-state index in [2.05, 4.69) is 0 Å². The summed E-state index contributed by atoms with van der Waals surface area (Å²) in [5.41, 5.74) is 6.57. The van der Waals surface area contributed by atoms with E-state index in [0.717, 1.165) is 18.4 Å². The Labute approximate surface area is 127 Å². The van der Waals surface area contributed by atoms with E-state index in [1.807, 2.05) is 49.9 Å². The Balaban J connectivity index is 2.76. The van der Waals surface area contributed by atoms with E-state index in [9.17, 15) is 4.79 Å². The lowest BCUT2D eigenvalue weighted by Gasteiger charge is -2.29. The number of rotatable bonds is 7. The third kappa shape index (κ3) is 5.14. The van der Waals surface area contributed by atoms with Crippen molar-refractivity contribution in [2.75, 3.05) is 6.54 Å². The van der Waals surface area contributed by atoms with Crippen molar-refractivity contribution in [1.29, 1.82) is 0 Å². The third-order valence-electron chi connectivity index (χ3n) is 3.41. The first-order valence-corrected chi connectivity index (χ1v) is 7.58. The molecule has 1 rings (SSSR count). The van der Waals surface area contributed by atoms with Gasteiger partial charge >= 0.3 is 0 Å². The maximum absolute atomic E-state index is 12.5. The minimum atomic E-state index is 0.0140. The maximum Gasteiger partial charge on any atom is 0.225 e. The molecule has 0 saturated carbocycles. The zero-order valence-corrected chi connectivity index (χ0v) is 13.4. The summed E-state index contributed by atoms with van der Waals surface area (Å²) < 4.78 is 0. The molecule has 0 heterocycles. The number of amides is 1. The number of carbonyl (C=O) groups excluding carboxylic acids is 1. The third-order valence-corrected chi connectivity index (χ3v) is 3.65. The Morgan fingerprint density at radius 1 is 1.35 bits per heavy atom. The fourth-order valence-corrected chi connectivity index (χ4v) is 2.39. The molecule has 0 aliphatic carbocycles. The van der Waals surface area contributed by atoms with Gasteiger partial charge in [0.05, 0.1) is 0 Å². The van der Waals surface area contributed by atoms with Crippen LogP contribution in [-0.4, -0.2) is 23.4 Å². The van der Waals surface area contributed by atoms with Crippen LogP contribution < -0.4 is 5.73 Å². The number of benzene rings is 1. The largest absolute Gasteiger partial charge is 0.336 e. The van der Waals surface area contributed by atoms with E-state index in [4.69, 9.17) is 17.3 Å². The number of hydrogen-bond donors (Lipinski definition) is 1. The summed E-state index contributed by atoms with van der Waals surface area (Å²) in [6.45, 7) is 7.29. The number of hydrogen-bond acceptors (Lipinski definition) is 2. The number of nitrogens with two attached hydrogens (primary N) is 1. The molecule has 0 aliphatic heterocycles. The quantitative estimate of drug-likeness (QED) is 0.837. The average molecular weight is 297 g/mol. The second kappa shape index (κ2) is 8.28. The average Bonchev–Trinajstić information content (AvgIpc) is 2.41. The molecule has 4 heteroatoms. The molecule has 1 atom stereocenters. The van der Waals surface area contributed by atoms with Crippen molar-refractivity contribution < 1.29 is 4.79 Å². The molecule has 1 aromatic rings. The van der Waals surface area contributed by atoms with Crippen molar-refractivity contribution in [1.82, 2.24) is 4.90 Å². The number of halogens is 1. The van der Waals surface area contributed by atoms with Crippen molar-refractivity contribution in [3.05, 3.63) is 34.9 Å². The van der Waals surface area contributed by atoms with Crippen molar-refractivity contribution in [3.8, 4) is 0 Å². The van der Waals surface area contributed by atoms with E-state index < -0.39 is 0 Å². The molecule has 3 nitrogen and oxygen atoms in total. The van der Waals surface area contributed by atoms with E-state index in [0.29, 0.717) is 18.1 Å². The topological polar surface area (TPSA) is 46.3 Å². The van der Waals surface area contributed by atoms with Gasteiger partial charge in [0.1, 0.15) is 0 Å². The summed E-state index contributed by atoms with van der Waals surface area (Å²) in [7, 11) is 0.